The number of ether oxygens (including phenoxy) is 1. The number of carbonyl (C=O) groups is 3. The quantitative estimate of drug-likeness (QED) is 0.568. The smallest absolute Gasteiger partial charge is 0.407 e. The monoisotopic (exact) mass is 434 g/mol. The molecule has 0 aliphatic carbocycles. The van der Waals surface area contributed by atoms with Gasteiger partial charge in [-0.15, -0.1) is 0 Å². The van der Waals surface area contributed by atoms with Crippen molar-refractivity contribution in [2.45, 2.75) is 32.9 Å². The fourth-order valence-corrected chi connectivity index (χ4v) is 3.22. The minimum absolute atomic E-state index is 0.0985. The van der Waals surface area contributed by atoms with E-state index in [2.05, 4.69) is 15.7 Å². The van der Waals surface area contributed by atoms with E-state index in [1.807, 2.05) is 60.7 Å². The van der Waals surface area contributed by atoms with Crippen LogP contribution in [0.3, 0.4) is 0 Å². The number of amides is 2. The third-order valence-corrected chi connectivity index (χ3v) is 4.74. The molecule has 3 aromatic rings. The van der Waals surface area contributed by atoms with Gasteiger partial charge in [-0.25, -0.2) is 9.48 Å². The standard InChI is InChI=1S/C24H26N4O4/c1-17-13-18(2)28(27-17)23(30)21(14-19-9-5-3-6-10-19)26-22(29)15-25-24(31)32-16-20-11-7-4-8-12-20/h3-13,21H,14-16H2,1-2H3,(H,25,31)(H,26,29). The van der Waals surface area contributed by atoms with Gasteiger partial charge in [0.25, 0.3) is 5.91 Å². The number of benzene rings is 2. The van der Waals surface area contributed by atoms with Crippen molar-refractivity contribution in [1.82, 2.24) is 20.4 Å². The van der Waals surface area contributed by atoms with Crippen LogP contribution >= 0.6 is 0 Å². The van der Waals surface area contributed by atoms with Gasteiger partial charge in [-0.05, 0) is 31.0 Å². The summed E-state index contributed by atoms with van der Waals surface area (Å²) in [5.74, 6) is -0.850. The Morgan fingerprint density at radius 1 is 0.969 bits per heavy atom. The van der Waals surface area contributed by atoms with Crippen LogP contribution in [-0.2, 0) is 22.6 Å². The number of hydrogen-bond acceptors (Lipinski definition) is 5. The van der Waals surface area contributed by atoms with Gasteiger partial charge in [-0.2, -0.15) is 5.10 Å². The summed E-state index contributed by atoms with van der Waals surface area (Å²) >= 11 is 0. The molecule has 2 amide bonds. The lowest BCUT2D eigenvalue weighted by molar-refractivity contribution is -0.120. The predicted octanol–water partition coefficient (Wildman–Crippen LogP) is 2.79. The van der Waals surface area contributed by atoms with Crippen molar-refractivity contribution in [3.63, 3.8) is 0 Å². The minimum atomic E-state index is -0.843. The van der Waals surface area contributed by atoms with Crippen LogP contribution in [0, 0.1) is 13.8 Å². The molecule has 0 spiro atoms. The molecule has 8 heteroatoms. The maximum atomic E-state index is 13.1. The van der Waals surface area contributed by atoms with Gasteiger partial charge in [-0.1, -0.05) is 60.7 Å². The first-order valence-electron chi connectivity index (χ1n) is 10.3. The van der Waals surface area contributed by atoms with Crippen LogP contribution in [0.5, 0.6) is 0 Å². The van der Waals surface area contributed by atoms with Crippen molar-refractivity contribution >= 4 is 17.9 Å². The molecule has 0 saturated carbocycles. The molecule has 32 heavy (non-hydrogen) atoms. The van der Waals surface area contributed by atoms with Crippen LogP contribution < -0.4 is 10.6 Å². The molecule has 2 N–H and O–H groups in total. The number of alkyl carbamates (subject to hydrolysis) is 1. The average molecular weight is 434 g/mol. The summed E-state index contributed by atoms with van der Waals surface area (Å²) in [7, 11) is 0. The molecule has 1 heterocycles. The van der Waals surface area contributed by atoms with Crippen molar-refractivity contribution in [3.05, 3.63) is 89.2 Å². The first-order chi connectivity index (χ1) is 15.4. The Hall–Kier alpha value is -3.94. The highest BCUT2D eigenvalue weighted by atomic mass is 16.5. The van der Waals surface area contributed by atoms with Crippen LogP contribution in [0.15, 0.2) is 66.7 Å². The van der Waals surface area contributed by atoms with Gasteiger partial charge < -0.3 is 15.4 Å². The Labute approximate surface area is 186 Å². The highest BCUT2D eigenvalue weighted by Gasteiger charge is 2.25. The first kappa shape index (κ1) is 22.7. The van der Waals surface area contributed by atoms with E-state index in [4.69, 9.17) is 4.74 Å². The van der Waals surface area contributed by atoms with Crippen molar-refractivity contribution < 1.29 is 19.1 Å². The largest absolute Gasteiger partial charge is 0.445 e. The Kier molecular flexibility index (Phi) is 7.75. The molecule has 0 radical (unpaired) electrons. The van der Waals surface area contributed by atoms with E-state index in [9.17, 15) is 14.4 Å². The highest BCUT2D eigenvalue weighted by Crippen LogP contribution is 2.09. The maximum absolute atomic E-state index is 13.1. The van der Waals surface area contributed by atoms with Crippen molar-refractivity contribution in [2.75, 3.05) is 6.54 Å². The Morgan fingerprint density at radius 3 is 2.19 bits per heavy atom. The SMILES string of the molecule is Cc1cc(C)n(C(=O)C(Cc2ccccc2)NC(=O)CNC(=O)OCc2ccccc2)n1. The molecule has 2 aromatic carbocycles. The Morgan fingerprint density at radius 2 is 1.59 bits per heavy atom. The molecule has 1 atom stereocenters. The Bertz CT molecular complexity index is 1060. The molecule has 0 bridgehead atoms. The van der Waals surface area contributed by atoms with Gasteiger partial charge in [0.15, 0.2) is 0 Å². The molecule has 8 nitrogen and oxygen atoms in total. The number of aryl methyl sites for hydroxylation is 2. The number of carbonyl (C=O) groups excluding carboxylic acids is 3. The fourth-order valence-electron chi connectivity index (χ4n) is 3.22. The van der Waals surface area contributed by atoms with Gasteiger partial charge in [-0.3, -0.25) is 9.59 Å². The van der Waals surface area contributed by atoms with E-state index in [0.29, 0.717) is 17.8 Å². The zero-order valence-corrected chi connectivity index (χ0v) is 18.1. The lowest BCUT2D eigenvalue weighted by Gasteiger charge is -2.18. The number of hydrogen-bond donors (Lipinski definition) is 2. The average Bonchev–Trinajstić information content (AvgIpc) is 3.14. The summed E-state index contributed by atoms with van der Waals surface area (Å²) in [6, 6.07) is 19.6. The predicted molar refractivity (Wildman–Crippen MR) is 119 cm³/mol. The van der Waals surface area contributed by atoms with E-state index >= 15 is 0 Å². The molecule has 166 valence electrons. The summed E-state index contributed by atoms with van der Waals surface area (Å²) in [5.41, 5.74) is 3.12. The number of rotatable bonds is 8. The van der Waals surface area contributed by atoms with E-state index in [0.717, 1.165) is 11.1 Å². The van der Waals surface area contributed by atoms with E-state index < -0.39 is 18.0 Å². The van der Waals surface area contributed by atoms with Crippen molar-refractivity contribution in [3.8, 4) is 0 Å². The summed E-state index contributed by atoms with van der Waals surface area (Å²) in [6.07, 6.45) is -0.421. The maximum Gasteiger partial charge on any atom is 0.407 e. The molecule has 1 unspecified atom stereocenters. The van der Waals surface area contributed by atoms with Gasteiger partial charge in [0.1, 0.15) is 19.2 Å². The summed E-state index contributed by atoms with van der Waals surface area (Å²) in [4.78, 5) is 37.5. The van der Waals surface area contributed by atoms with E-state index in [1.54, 1.807) is 19.9 Å². The van der Waals surface area contributed by atoms with Gasteiger partial charge in [0.05, 0.1) is 5.69 Å². The normalized spacial score (nSPS) is 11.4. The van der Waals surface area contributed by atoms with Gasteiger partial charge in [0, 0.05) is 12.1 Å². The molecule has 3 rings (SSSR count). The summed E-state index contributed by atoms with van der Waals surface area (Å²) in [5, 5.41) is 9.35. The molecule has 0 aliphatic rings. The zero-order chi connectivity index (χ0) is 22.9. The zero-order valence-electron chi connectivity index (χ0n) is 18.1. The fraction of sp³-hybridized carbons (Fsp3) is 0.250. The second-order valence-corrected chi connectivity index (χ2v) is 7.40. The van der Waals surface area contributed by atoms with E-state index in [1.165, 1.54) is 4.68 Å². The second kappa shape index (κ2) is 10.9. The van der Waals surface area contributed by atoms with Crippen LogP contribution in [0.2, 0.25) is 0 Å². The lowest BCUT2D eigenvalue weighted by Crippen LogP contribution is -2.48. The third kappa shape index (κ3) is 6.53. The molecule has 0 aliphatic heterocycles. The molecular weight excluding hydrogens is 408 g/mol. The van der Waals surface area contributed by atoms with Gasteiger partial charge in [0.2, 0.25) is 5.91 Å². The number of nitrogens with zero attached hydrogens (tertiary/aromatic N) is 2. The first-order valence-corrected chi connectivity index (χ1v) is 10.3. The minimum Gasteiger partial charge on any atom is -0.445 e. The van der Waals surface area contributed by atoms with Crippen LogP contribution in [0.25, 0.3) is 0 Å². The number of nitrogens with one attached hydrogen (secondary N) is 2. The van der Waals surface area contributed by atoms with Crippen LogP contribution in [0.1, 0.15) is 27.3 Å². The summed E-state index contributed by atoms with van der Waals surface area (Å²) in [6.45, 7) is 3.36. The van der Waals surface area contributed by atoms with Crippen molar-refractivity contribution in [2.24, 2.45) is 0 Å². The van der Waals surface area contributed by atoms with E-state index in [-0.39, 0.29) is 19.1 Å². The molecular formula is C24H26N4O4. The molecule has 1 aromatic heterocycles. The lowest BCUT2D eigenvalue weighted by atomic mass is 10.1. The Balaban J connectivity index is 1.59. The van der Waals surface area contributed by atoms with Crippen LogP contribution in [0.4, 0.5) is 4.79 Å². The second-order valence-electron chi connectivity index (χ2n) is 7.40. The third-order valence-electron chi connectivity index (χ3n) is 4.74. The topological polar surface area (TPSA) is 102 Å². The van der Waals surface area contributed by atoms with Gasteiger partial charge >= 0.3 is 6.09 Å². The number of aromatic nitrogens is 2. The summed E-state index contributed by atoms with van der Waals surface area (Å²) < 4.78 is 6.40. The van der Waals surface area contributed by atoms with Crippen LogP contribution in [-0.4, -0.2) is 40.3 Å². The molecule has 0 fully saturated rings. The highest BCUT2D eigenvalue weighted by molar-refractivity contribution is 5.90. The van der Waals surface area contributed by atoms with Crippen molar-refractivity contribution in [1.29, 1.82) is 0 Å². The molecule has 0 saturated heterocycles.